The van der Waals surface area contributed by atoms with Crippen LogP contribution in [-0.4, -0.2) is 4.57 Å². The van der Waals surface area contributed by atoms with Crippen LogP contribution in [0.3, 0.4) is 0 Å². The highest BCUT2D eigenvalue weighted by atomic mass is 16.4. The van der Waals surface area contributed by atoms with Gasteiger partial charge in [0.15, 0.2) is 11.5 Å². The molecule has 0 unspecified atom stereocenters. The van der Waals surface area contributed by atoms with Gasteiger partial charge in [-0.25, -0.2) is 0 Å². The van der Waals surface area contributed by atoms with Gasteiger partial charge in [-0.2, -0.15) is 5.26 Å². The van der Waals surface area contributed by atoms with Crippen molar-refractivity contribution >= 4 is 0 Å². The molecule has 0 saturated heterocycles. The molecular formula is C13H8N2O2. The Morgan fingerprint density at radius 1 is 1.12 bits per heavy atom. The Morgan fingerprint density at radius 2 is 2.06 bits per heavy atom. The average Bonchev–Trinajstić information content (AvgIpc) is 3.09. The van der Waals surface area contributed by atoms with E-state index >= 15 is 0 Å². The summed E-state index contributed by atoms with van der Waals surface area (Å²) in [4.78, 5) is 0. The fourth-order valence-electron chi connectivity index (χ4n) is 1.62. The van der Waals surface area contributed by atoms with Crippen LogP contribution in [0, 0.1) is 11.3 Å². The molecular weight excluding hydrogens is 216 g/mol. The van der Waals surface area contributed by atoms with Gasteiger partial charge in [-0.05, 0) is 24.3 Å². The van der Waals surface area contributed by atoms with Crippen molar-refractivity contribution in [1.82, 2.24) is 4.57 Å². The van der Waals surface area contributed by atoms with Crippen molar-refractivity contribution < 1.29 is 8.83 Å². The summed E-state index contributed by atoms with van der Waals surface area (Å²) in [6.07, 6.45) is 5.09. The van der Waals surface area contributed by atoms with Gasteiger partial charge >= 0.3 is 0 Å². The molecule has 0 bridgehead atoms. The zero-order chi connectivity index (χ0) is 11.7. The van der Waals surface area contributed by atoms with E-state index in [2.05, 4.69) is 6.07 Å². The maximum Gasteiger partial charge on any atom is 0.204 e. The van der Waals surface area contributed by atoms with E-state index in [0.29, 0.717) is 23.0 Å². The van der Waals surface area contributed by atoms with Crippen LogP contribution < -0.4 is 0 Å². The topological polar surface area (TPSA) is 55.0 Å². The Kier molecular flexibility index (Phi) is 2.09. The van der Waals surface area contributed by atoms with Crippen molar-refractivity contribution in [3.8, 4) is 23.5 Å². The molecule has 0 saturated carbocycles. The van der Waals surface area contributed by atoms with Gasteiger partial charge in [0.25, 0.3) is 0 Å². The molecule has 0 aromatic carbocycles. The summed E-state index contributed by atoms with van der Waals surface area (Å²) in [5.74, 6) is 2.00. The summed E-state index contributed by atoms with van der Waals surface area (Å²) in [6.45, 7) is 0. The van der Waals surface area contributed by atoms with Crippen molar-refractivity contribution in [1.29, 1.82) is 5.26 Å². The number of rotatable bonds is 2. The van der Waals surface area contributed by atoms with Gasteiger partial charge in [-0.3, -0.25) is 4.57 Å². The second kappa shape index (κ2) is 3.72. The molecule has 3 rings (SSSR count). The lowest BCUT2D eigenvalue weighted by molar-refractivity contribution is 0.511. The highest BCUT2D eigenvalue weighted by Gasteiger charge is 2.08. The maximum atomic E-state index is 8.74. The Bertz CT molecular complexity index is 668. The number of nitriles is 1. The van der Waals surface area contributed by atoms with Crippen LogP contribution in [-0.2, 0) is 0 Å². The van der Waals surface area contributed by atoms with Crippen LogP contribution in [0.2, 0.25) is 0 Å². The zero-order valence-electron chi connectivity index (χ0n) is 8.83. The standard InChI is InChI=1S/C13H8N2O2/c14-8-10-5-6-15(9-10)13-4-3-12(17-13)11-2-1-7-16-11/h1-7,9H. The second-order valence-corrected chi connectivity index (χ2v) is 3.53. The Balaban J connectivity index is 1.98. The lowest BCUT2D eigenvalue weighted by Crippen LogP contribution is -1.84. The highest BCUT2D eigenvalue weighted by molar-refractivity contribution is 5.51. The maximum absolute atomic E-state index is 8.74. The van der Waals surface area contributed by atoms with Crippen molar-refractivity contribution in [3.63, 3.8) is 0 Å². The molecule has 0 atom stereocenters. The quantitative estimate of drug-likeness (QED) is 0.671. The fourth-order valence-corrected chi connectivity index (χ4v) is 1.62. The summed E-state index contributed by atoms with van der Waals surface area (Å²) < 4.78 is 12.6. The third-order valence-electron chi connectivity index (χ3n) is 2.43. The van der Waals surface area contributed by atoms with E-state index < -0.39 is 0 Å². The van der Waals surface area contributed by atoms with Gasteiger partial charge in [0.05, 0.1) is 11.8 Å². The fraction of sp³-hybridized carbons (Fsp3) is 0. The molecule has 4 heteroatoms. The van der Waals surface area contributed by atoms with Gasteiger partial charge < -0.3 is 8.83 Å². The molecule has 0 spiro atoms. The monoisotopic (exact) mass is 224 g/mol. The largest absolute Gasteiger partial charge is 0.461 e. The van der Waals surface area contributed by atoms with Gasteiger partial charge in [0.1, 0.15) is 6.07 Å². The zero-order valence-corrected chi connectivity index (χ0v) is 8.83. The molecule has 0 aliphatic heterocycles. The van der Waals surface area contributed by atoms with E-state index in [1.54, 1.807) is 35.4 Å². The van der Waals surface area contributed by atoms with Gasteiger partial charge in [-0.1, -0.05) is 0 Å². The molecule has 0 N–H and O–H groups in total. The summed E-state index contributed by atoms with van der Waals surface area (Å²) in [5.41, 5.74) is 0.598. The molecule has 4 nitrogen and oxygen atoms in total. The molecule has 17 heavy (non-hydrogen) atoms. The van der Waals surface area contributed by atoms with Crippen molar-refractivity contribution in [3.05, 3.63) is 54.6 Å². The minimum atomic E-state index is 0.598. The van der Waals surface area contributed by atoms with Crippen LogP contribution in [0.1, 0.15) is 5.56 Å². The molecule has 0 aliphatic carbocycles. The van der Waals surface area contributed by atoms with E-state index in [4.69, 9.17) is 14.1 Å². The first kappa shape index (κ1) is 9.55. The minimum Gasteiger partial charge on any atom is -0.461 e. The summed E-state index contributed by atoms with van der Waals surface area (Å²) in [5, 5.41) is 8.74. The third-order valence-corrected chi connectivity index (χ3v) is 2.43. The number of hydrogen-bond donors (Lipinski definition) is 0. The normalized spacial score (nSPS) is 10.3. The average molecular weight is 224 g/mol. The van der Waals surface area contributed by atoms with Crippen LogP contribution in [0.4, 0.5) is 0 Å². The molecule has 0 fully saturated rings. The molecule has 0 radical (unpaired) electrons. The summed E-state index contributed by atoms with van der Waals surface area (Å²) in [6, 6.07) is 11.1. The summed E-state index contributed by atoms with van der Waals surface area (Å²) >= 11 is 0. The van der Waals surface area contributed by atoms with E-state index in [0.717, 1.165) is 0 Å². The van der Waals surface area contributed by atoms with Crippen LogP contribution in [0.25, 0.3) is 17.4 Å². The van der Waals surface area contributed by atoms with Gasteiger partial charge in [0, 0.05) is 18.5 Å². The minimum absolute atomic E-state index is 0.598. The summed E-state index contributed by atoms with van der Waals surface area (Å²) in [7, 11) is 0. The number of furan rings is 2. The van der Waals surface area contributed by atoms with E-state index in [1.165, 1.54) is 0 Å². The first-order chi connectivity index (χ1) is 8.36. The highest BCUT2D eigenvalue weighted by Crippen LogP contribution is 2.24. The first-order valence-electron chi connectivity index (χ1n) is 5.09. The third kappa shape index (κ3) is 1.64. The Labute approximate surface area is 97.3 Å². The molecule has 0 aliphatic rings. The van der Waals surface area contributed by atoms with E-state index in [1.807, 2.05) is 18.2 Å². The lowest BCUT2D eigenvalue weighted by atomic mass is 10.3. The van der Waals surface area contributed by atoms with Crippen LogP contribution in [0.15, 0.2) is 57.8 Å². The molecule has 82 valence electrons. The molecule has 3 aromatic heterocycles. The molecule has 3 aromatic rings. The van der Waals surface area contributed by atoms with E-state index in [9.17, 15) is 0 Å². The van der Waals surface area contributed by atoms with E-state index in [-0.39, 0.29) is 0 Å². The lowest BCUT2D eigenvalue weighted by Gasteiger charge is -1.95. The predicted molar refractivity (Wildman–Crippen MR) is 60.5 cm³/mol. The number of aromatic nitrogens is 1. The van der Waals surface area contributed by atoms with Crippen LogP contribution in [0.5, 0.6) is 0 Å². The molecule has 0 amide bonds. The SMILES string of the molecule is N#Cc1ccn(-c2ccc(-c3ccco3)o2)c1. The van der Waals surface area contributed by atoms with Gasteiger partial charge in [0.2, 0.25) is 5.88 Å². The van der Waals surface area contributed by atoms with Crippen molar-refractivity contribution in [2.75, 3.05) is 0 Å². The Hall–Kier alpha value is -2.67. The predicted octanol–water partition coefficient (Wildman–Crippen LogP) is 3.20. The van der Waals surface area contributed by atoms with Crippen molar-refractivity contribution in [2.45, 2.75) is 0 Å². The molecule has 3 heterocycles. The smallest absolute Gasteiger partial charge is 0.204 e. The van der Waals surface area contributed by atoms with Gasteiger partial charge in [-0.15, -0.1) is 0 Å². The second-order valence-electron chi connectivity index (χ2n) is 3.53. The number of hydrogen-bond acceptors (Lipinski definition) is 3. The number of nitrogens with zero attached hydrogens (tertiary/aromatic N) is 2. The van der Waals surface area contributed by atoms with Crippen LogP contribution >= 0.6 is 0 Å². The van der Waals surface area contributed by atoms with Crippen molar-refractivity contribution in [2.24, 2.45) is 0 Å². The first-order valence-corrected chi connectivity index (χ1v) is 5.09. The Morgan fingerprint density at radius 3 is 2.76 bits per heavy atom.